The zero-order valence-electron chi connectivity index (χ0n) is 22.5. The van der Waals surface area contributed by atoms with E-state index in [-0.39, 0.29) is 30.4 Å². The van der Waals surface area contributed by atoms with Crippen LogP contribution in [0.5, 0.6) is 0 Å². The lowest BCUT2D eigenvalue weighted by Gasteiger charge is -2.42. The molecule has 4 aliphatic rings. The second-order valence-corrected chi connectivity index (χ2v) is 13.4. The van der Waals surface area contributed by atoms with E-state index in [0.717, 1.165) is 51.4 Å². The summed E-state index contributed by atoms with van der Waals surface area (Å²) in [4.78, 5) is 45.6. The second kappa shape index (κ2) is 11.5. The highest BCUT2D eigenvalue weighted by molar-refractivity contribution is 8.02. The van der Waals surface area contributed by atoms with E-state index in [0.29, 0.717) is 19.6 Å². The fraction of sp³-hybridized carbons (Fsp3) is 0.759. The normalized spacial score (nSPS) is 33.8. The summed E-state index contributed by atoms with van der Waals surface area (Å²) in [5.74, 6) is -1.78. The van der Waals surface area contributed by atoms with Gasteiger partial charge >= 0.3 is 5.97 Å². The lowest BCUT2D eigenvalue weighted by molar-refractivity contribution is -0.156. The Labute approximate surface area is 226 Å². The van der Waals surface area contributed by atoms with Crippen molar-refractivity contribution < 1.29 is 24.2 Å². The molecule has 1 aliphatic carbocycles. The molecule has 206 valence electrons. The Morgan fingerprint density at radius 1 is 1.22 bits per heavy atom. The number of rotatable bonds is 12. The number of unbranched alkanes of at least 4 members (excludes halogenated alkanes) is 2. The maximum Gasteiger partial charge on any atom is 0.311 e. The summed E-state index contributed by atoms with van der Waals surface area (Å²) < 4.78 is 4.59. The molecule has 6 atom stereocenters. The number of aliphatic hydroxyl groups excluding tert-OH is 1. The zero-order valence-corrected chi connectivity index (χ0v) is 23.3. The number of carbonyl (C=O) groups is 3. The molecule has 4 rings (SSSR count). The molecule has 1 spiro atoms. The van der Waals surface area contributed by atoms with Crippen LogP contribution < -0.4 is 0 Å². The van der Waals surface area contributed by atoms with E-state index >= 15 is 0 Å². The van der Waals surface area contributed by atoms with Crippen molar-refractivity contribution >= 4 is 29.5 Å². The van der Waals surface area contributed by atoms with Crippen molar-refractivity contribution in [2.75, 3.05) is 19.8 Å². The van der Waals surface area contributed by atoms with Gasteiger partial charge in [-0.3, -0.25) is 14.4 Å². The third-order valence-corrected chi connectivity index (χ3v) is 11.1. The van der Waals surface area contributed by atoms with Crippen LogP contribution in [0.4, 0.5) is 0 Å². The van der Waals surface area contributed by atoms with E-state index in [1.807, 2.05) is 11.0 Å². The van der Waals surface area contributed by atoms with Crippen molar-refractivity contribution in [3.8, 4) is 0 Å². The molecule has 2 bridgehead atoms. The predicted octanol–water partition coefficient (Wildman–Crippen LogP) is 4.10. The lowest BCUT2D eigenvalue weighted by Crippen LogP contribution is -2.58. The number of ether oxygens (including phenoxy) is 1. The van der Waals surface area contributed by atoms with E-state index < -0.39 is 33.4 Å². The number of thioether (sulfide) groups is 1. The number of amides is 2. The van der Waals surface area contributed by atoms with E-state index in [1.165, 1.54) is 6.42 Å². The molecule has 3 saturated heterocycles. The number of hydrogen-bond donors (Lipinski definition) is 1. The van der Waals surface area contributed by atoms with Gasteiger partial charge in [-0.05, 0) is 58.8 Å². The Kier molecular flexibility index (Phi) is 8.79. The number of nitrogens with zero attached hydrogens (tertiary/aromatic N) is 2. The molecule has 0 aromatic heterocycles. The molecule has 0 aromatic carbocycles. The van der Waals surface area contributed by atoms with E-state index in [4.69, 9.17) is 4.74 Å². The molecular weight excluding hydrogens is 488 g/mol. The SMILES string of the molecule is C=CCCCCOC(=O)[C@H]1[C@H]2C(=O)N([C@H](C)CO)C(C(=O)N(CC=C)C3CCCCC3)C23CC[C@]1(C)S3. The second-order valence-electron chi connectivity index (χ2n) is 11.5. The standard InChI is InChI=1S/C29H44N2O5S/c1-5-7-8-12-18-36-27(35)23-22-25(33)31(20(3)19-32)24(29(22)16-15-28(23,4)37-29)26(34)30(17-6-2)21-13-10-9-11-14-21/h5-6,20-24,32H,1-2,7-19H2,3-4H3/t20-,22+,23-,24?,28+,29?/m1/s1. The summed E-state index contributed by atoms with van der Waals surface area (Å²) in [7, 11) is 0. The van der Waals surface area contributed by atoms with Crippen LogP contribution in [0.3, 0.4) is 0 Å². The Bertz CT molecular complexity index is 905. The monoisotopic (exact) mass is 532 g/mol. The highest BCUT2D eigenvalue weighted by atomic mass is 32.2. The first kappa shape index (κ1) is 28.2. The summed E-state index contributed by atoms with van der Waals surface area (Å²) in [5.41, 5.74) is 0. The number of likely N-dealkylation sites (tertiary alicyclic amines) is 1. The molecular formula is C29H44N2O5S. The average molecular weight is 533 g/mol. The zero-order chi connectivity index (χ0) is 26.8. The summed E-state index contributed by atoms with van der Waals surface area (Å²) in [6.07, 6.45) is 12.9. The minimum atomic E-state index is -0.703. The lowest BCUT2D eigenvalue weighted by atomic mass is 9.66. The first-order valence-corrected chi connectivity index (χ1v) is 14.9. The van der Waals surface area contributed by atoms with Crippen LogP contribution in [0.15, 0.2) is 25.3 Å². The first-order valence-electron chi connectivity index (χ1n) is 14.1. The summed E-state index contributed by atoms with van der Waals surface area (Å²) in [6, 6.07) is -1.08. The number of hydrogen-bond acceptors (Lipinski definition) is 6. The number of aliphatic hydroxyl groups is 1. The number of esters is 1. The molecule has 8 heteroatoms. The van der Waals surface area contributed by atoms with Crippen LogP contribution in [0.1, 0.15) is 78.1 Å². The highest BCUT2D eigenvalue weighted by Crippen LogP contribution is 2.71. The molecule has 4 fully saturated rings. The number of carbonyl (C=O) groups excluding carboxylic acids is 3. The van der Waals surface area contributed by atoms with Gasteiger partial charge in [-0.2, -0.15) is 0 Å². The topological polar surface area (TPSA) is 87.1 Å². The van der Waals surface area contributed by atoms with Gasteiger partial charge in [0, 0.05) is 17.3 Å². The van der Waals surface area contributed by atoms with Gasteiger partial charge in [0.05, 0.1) is 35.8 Å². The molecule has 7 nitrogen and oxygen atoms in total. The Morgan fingerprint density at radius 2 is 1.95 bits per heavy atom. The van der Waals surface area contributed by atoms with Crippen LogP contribution in [0.25, 0.3) is 0 Å². The Balaban J connectivity index is 1.66. The van der Waals surface area contributed by atoms with Gasteiger partial charge < -0.3 is 19.6 Å². The van der Waals surface area contributed by atoms with E-state index in [2.05, 4.69) is 20.1 Å². The van der Waals surface area contributed by atoms with Crippen LogP contribution in [-0.4, -0.2) is 80.1 Å². The van der Waals surface area contributed by atoms with Crippen molar-refractivity contribution in [3.63, 3.8) is 0 Å². The van der Waals surface area contributed by atoms with E-state index in [9.17, 15) is 19.5 Å². The van der Waals surface area contributed by atoms with Crippen LogP contribution >= 0.6 is 11.8 Å². The molecule has 3 heterocycles. The third-order valence-electron chi connectivity index (χ3n) is 9.11. The van der Waals surface area contributed by atoms with Crippen molar-refractivity contribution in [2.24, 2.45) is 11.8 Å². The van der Waals surface area contributed by atoms with E-state index in [1.54, 1.807) is 29.7 Å². The first-order chi connectivity index (χ1) is 17.8. The van der Waals surface area contributed by atoms with Gasteiger partial charge in [0.15, 0.2) is 0 Å². The van der Waals surface area contributed by atoms with Gasteiger partial charge in [-0.1, -0.05) is 31.4 Å². The van der Waals surface area contributed by atoms with Gasteiger partial charge in [0.2, 0.25) is 11.8 Å². The molecule has 3 aliphatic heterocycles. The molecule has 0 radical (unpaired) electrons. The maximum absolute atomic E-state index is 14.5. The fourth-order valence-electron chi connectivity index (χ4n) is 7.32. The number of fused-ring (bicyclic) bond motifs is 1. The van der Waals surface area contributed by atoms with Gasteiger partial charge in [0.25, 0.3) is 0 Å². The third kappa shape index (κ3) is 4.88. The molecule has 0 aromatic rings. The summed E-state index contributed by atoms with van der Waals surface area (Å²) >= 11 is 1.66. The van der Waals surface area contributed by atoms with Crippen LogP contribution in [0, 0.1) is 11.8 Å². The van der Waals surface area contributed by atoms with Crippen molar-refractivity contribution in [1.29, 1.82) is 0 Å². The Hall–Kier alpha value is -1.80. The van der Waals surface area contributed by atoms with Crippen LogP contribution in [0.2, 0.25) is 0 Å². The highest BCUT2D eigenvalue weighted by Gasteiger charge is 2.78. The molecule has 37 heavy (non-hydrogen) atoms. The van der Waals surface area contributed by atoms with Crippen molar-refractivity contribution in [1.82, 2.24) is 9.80 Å². The largest absolute Gasteiger partial charge is 0.465 e. The van der Waals surface area contributed by atoms with Gasteiger partial charge in [0.1, 0.15) is 6.04 Å². The quantitative estimate of drug-likeness (QED) is 0.231. The number of allylic oxidation sites excluding steroid dienone is 1. The van der Waals surface area contributed by atoms with Crippen molar-refractivity contribution in [3.05, 3.63) is 25.3 Å². The smallest absolute Gasteiger partial charge is 0.311 e. The Morgan fingerprint density at radius 3 is 2.59 bits per heavy atom. The molecule has 1 N–H and O–H groups in total. The average Bonchev–Trinajstić information content (AvgIpc) is 3.47. The van der Waals surface area contributed by atoms with Gasteiger partial charge in [-0.25, -0.2) is 0 Å². The predicted molar refractivity (Wildman–Crippen MR) is 146 cm³/mol. The fourth-order valence-corrected chi connectivity index (χ4v) is 9.65. The maximum atomic E-state index is 14.5. The van der Waals surface area contributed by atoms with Crippen molar-refractivity contribution in [2.45, 2.75) is 106 Å². The minimum absolute atomic E-state index is 0.0573. The molecule has 2 unspecified atom stereocenters. The minimum Gasteiger partial charge on any atom is -0.465 e. The van der Waals surface area contributed by atoms with Crippen LogP contribution in [-0.2, 0) is 19.1 Å². The van der Waals surface area contributed by atoms with Gasteiger partial charge in [-0.15, -0.1) is 24.9 Å². The molecule has 1 saturated carbocycles. The summed E-state index contributed by atoms with van der Waals surface area (Å²) in [6.45, 7) is 12.0. The summed E-state index contributed by atoms with van der Waals surface area (Å²) in [5, 5.41) is 10.1. The molecule has 2 amide bonds.